The van der Waals surface area contributed by atoms with Crippen molar-refractivity contribution >= 4 is 560 Å². The van der Waals surface area contributed by atoms with Crippen LogP contribution in [0, 0.1) is 9.20 Å². The molecule has 2 amide bonds. The molecule has 84 heteroatoms. The molecule has 0 bridgehead atoms. The zero-order valence-corrected chi connectivity index (χ0v) is 65.0. The van der Waals surface area contributed by atoms with Crippen LogP contribution >= 0.6 is 82.0 Å². The van der Waals surface area contributed by atoms with Gasteiger partial charge in [-0.3, -0.25) is 71.4 Å². The second-order valence-electron chi connectivity index (χ2n) is 25.4. The fourth-order valence-corrected chi connectivity index (χ4v) is 18.8. The number of aromatic nitrogens is 3. The van der Waals surface area contributed by atoms with E-state index < -0.39 is 257 Å². The molecule has 61 radical (unpaired) electrons. The Morgan fingerprint density at radius 2 is 0.577 bits per heavy atom. The van der Waals surface area contributed by atoms with Gasteiger partial charge in [0.2, 0.25) is 0 Å². The van der Waals surface area contributed by atoms with Crippen LogP contribution in [0.4, 0.5) is 0 Å². The highest BCUT2D eigenvalue weighted by atomic mass is 32.2. The smallest absolute Gasteiger partial charge is 0.323 e. The van der Waals surface area contributed by atoms with Gasteiger partial charge in [0, 0.05) is 405 Å². The number of nitrogens with zero attached hydrogens (tertiary/aromatic N) is 5. The van der Waals surface area contributed by atoms with Gasteiger partial charge >= 0.3 is 29.8 Å². The third-order valence-corrected chi connectivity index (χ3v) is 23.9. The van der Waals surface area contributed by atoms with Gasteiger partial charge < -0.3 is 25.5 Å². The van der Waals surface area contributed by atoms with Gasteiger partial charge in [-0.2, -0.15) is 0 Å². The Kier molecular flexibility index (Phi) is 45.3. The number of thioether (sulfide) groups is 2. The number of amides is 2. The lowest BCUT2D eigenvalue weighted by atomic mass is 8.32. The van der Waals surface area contributed by atoms with Crippen molar-refractivity contribution in [2.75, 3.05) is 13.1 Å². The average molecular weight is 1490 g/mol. The highest BCUT2D eigenvalue weighted by Crippen LogP contribution is 2.32. The van der Waals surface area contributed by atoms with Gasteiger partial charge in [0.1, 0.15) is 69.7 Å². The predicted octanol–water partition coefficient (Wildman–Crippen LogP) is -25.2. The molecule has 0 atom stereocenters. The topological polar surface area (TPSA) is 293 Å². The third kappa shape index (κ3) is 28.4. The zero-order valence-electron chi connectivity index (χ0n) is 59.3. The summed E-state index contributed by atoms with van der Waals surface area (Å²) in [6.07, 6.45) is -24.1. The van der Waals surface area contributed by atoms with Crippen LogP contribution in [-0.4, -0.2) is 518 Å². The number of carbonyl (C=O) groups excluding carboxylic acids is 2. The van der Waals surface area contributed by atoms with Crippen molar-refractivity contribution in [1.82, 2.24) is 23.5 Å². The number of aliphatic carboxylic acids is 5. The van der Waals surface area contributed by atoms with Crippen LogP contribution < -0.4 is 35.1 Å². The lowest BCUT2D eigenvalue weighted by Gasteiger charge is -2.49. The number of carboxylic acid groups (broad SMARTS) is 5. The molecule has 2 fully saturated rings. The van der Waals surface area contributed by atoms with E-state index in [1.807, 2.05) is 0 Å². The van der Waals surface area contributed by atoms with Gasteiger partial charge in [-0.05, 0) is 0 Å². The summed E-state index contributed by atoms with van der Waals surface area (Å²) in [4.78, 5) is 119. The van der Waals surface area contributed by atoms with E-state index in [0.717, 1.165) is 57.9 Å². The van der Waals surface area contributed by atoms with E-state index in [1.54, 1.807) is 0 Å². The van der Waals surface area contributed by atoms with Gasteiger partial charge in [0.25, 0.3) is 28.5 Å². The largest absolute Gasteiger partial charge is 0.480 e. The predicted molar refractivity (Wildman–Crippen MR) is 530 cm³/mol. The Morgan fingerprint density at radius 1 is 0.333 bits per heavy atom. The van der Waals surface area contributed by atoms with E-state index in [-0.39, 0.29) is 46.0 Å². The van der Waals surface area contributed by atoms with Crippen molar-refractivity contribution in [1.29, 1.82) is 0 Å². The first-order valence-electron chi connectivity index (χ1n) is 32.2. The number of hydrogen-bond acceptors (Lipinski definition) is 17. The Balaban J connectivity index is 0.000000506. The van der Waals surface area contributed by atoms with Gasteiger partial charge in [-0.15, -0.1) is 34.0 Å². The Hall–Kier alpha value is -1.36. The molecular weight excluding hydrogens is 1480 g/mol. The number of thiazole rings is 3. The maximum absolute atomic E-state index is 13.0. The molecule has 5 heterocycles. The summed E-state index contributed by atoms with van der Waals surface area (Å²) in [6, 6.07) is 0. The molecule has 5 rings (SSSR count). The molecule has 2 aliphatic heterocycles. The van der Waals surface area contributed by atoms with Crippen molar-refractivity contribution < 1.29 is 59.1 Å². The molecule has 5 N–H and O–H groups in total. The number of rotatable bonds is 35. The first-order valence-corrected chi connectivity index (χ1v) is 37.1. The normalized spacial score (nSPS) is 13.0. The second-order valence-corrected chi connectivity index (χ2v) is 31.9. The minimum atomic E-state index is -1.40. The maximum atomic E-state index is 13.0. The summed E-state index contributed by atoms with van der Waals surface area (Å²) in [5.74, 6) is -8.03. The standard InChI is InChI=1S/C16H11N3O9S4.C11H8N2O6S3.B29.B28/c1-5-11(26)17(2-6(20)21)14(30-5)9-12(27)18(3-7(22)23)15(31-9)10-13(28)19(4-8(24)25)16(29)32-10;1-4-8(18)12(2-5(14)15)10(21-4)7-9(19)13(3-6(16)17)11(20)22-7;1-16-24(17(2)3)28(25(18(4)5)19(6)7)29(26(20(8)9)21(10)11)27(22(12)13)23(14)15;1-16(2)23(15)27(24(17(3)4)18(5)6)28(25(19(7)8)20(9)10)26(21(11)12)22(13)14/h1-4H2,(H,20,21)(H,22,23)(H,24,25);1-3H2,(H,14,15)(H,16,17);;/b14-9+,15-10-;10-7+;;. The minimum absolute atomic E-state index is 0.0319. The molecule has 0 aromatic carbocycles. The van der Waals surface area contributed by atoms with E-state index in [2.05, 4.69) is 13.2 Å². The molecule has 0 saturated carbocycles. The lowest BCUT2D eigenvalue weighted by Crippen LogP contribution is -2.87. The van der Waals surface area contributed by atoms with Crippen LogP contribution in [0.2, 0.25) is 0 Å². The van der Waals surface area contributed by atoms with Crippen molar-refractivity contribution in [2.24, 2.45) is 0 Å². The quantitative estimate of drug-likeness (QED) is 0.0270. The Labute approximate surface area is 727 Å². The van der Waals surface area contributed by atoms with E-state index in [9.17, 15) is 53.1 Å². The maximum Gasteiger partial charge on any atom is 0.323 e. The lowest BCUT2D eigenvalue weighted by molar-refractivity contribution is -0.140. The van der Waals surface area contributed by atoms with Crippen LogP contribution in [0.5, 0.6) is 0 Å². The zero-order chi connectivity index (χ0) is 86.2. The van der Waals surface area contributed by atoms with Crippen molar-refractivity contribution in [3.05, 3.63) is 58.6 Å². The molecular formula is C27H19B57N5O15S7. The third-order valence-electron chi connectivity index (χ3n) is 17.4. The van der Waals surface area contributed by atoms with Gasteiger partial charge in [0.15, 0.2) is 0 Å². The van der Waals surface area contributed by atoms with Crippen LogP contribution in [0.1, 0.15) is 0 Å². The highest BCUT2D eigenvalue weighted by Gasteiger charge is 2.54. The number of carbonyl (C=O) groups is 7. The molecule has 20 nitrogen and oxygen atoms in total. The molecule has 0 aliphatic carbocycles. The van der Waals surface area contributed by atoms with Crippen LogP contribution in [0.3, 0.4) is 0 Å². The summed E-state index contributed by atoms with van der Waals surface area (Å²) in [5.41, 5.74) is -2.19. The van der Waals surface area contributed by atoms with Gasteiger partial charge in [-0.25, -0.2) is 0 Å². The molecule has 0 spiro atoms. The molecule has 3 aromatic rings. The molecule has 111 heavy (non-hydrogen) atoms. The summed E-state index contributed by atoms with van der Waals surface area (Å²) in [6.45, 7) is 3.51. The van der Waals surface area contributed by atoms with Gasteiger partial charge in [0.05, 0.1) is 9.06 Å². The summed E-state index contributed by atoms with van der Waals surface area (Å²) < 4.78 is 2.32. The molecule has 0 unspecified atom stereocenters. The van der Waals surface area contributed by atoms with Crippen LogP contribution in [0.15, 0.2) is 14.4 Å². The summed E-state index contributed by atoms with van der Waals surface area (Å²) in [7, 11) is 181. The van der Waals surface area contributed by atoms with Gasteiger partial charge in [-0.1, -0.05) is 61.1 Å². The van der Waals surface area contributed by atoms with Crippen molar-refractivity contribution in [3.8, 4) is 0 Å². The van der Waals surface area contributed by atoms with Crippen LogP contribution in [-0.2, 0) is 53.2 Å². The molecule has 2 aliphatic rings. The first-order chi connectivity index (χ1) is 51.0. The Bertz CT molecular complexity index is 4210. The van der Waals surface area contributed by atoms with E-state index >= 15 is 0 Å². The number of carboxylic acids is 5. The second kappa shape index (κ2) is 47.6. The fraction of sp³-hybridized carbons (Fsp3) is 0.185. The van der Waals surface area contributed by atoms with Crippen molar-refractivity contribution in [3.63, 3.8) is 0 Å². The van der Waals surface area contributed by atoms with E-state index in [0.29, 0.717) is 23.1 Å². The van der Waals surface area contributed by atoms with Crippen molar-refractivity contribution in [2.45, 2.75) is 19.6 Å². The average Bonchev–Trinajstić information content (AvgIpc) is 1.73. The minimum Gasteiger partial charge on any atom is -0.480 e. The fourth-order valence-electron chi connectivity index (χ4n) is 12.9. The van der Waals surface area contributed by atoms with E-state index in [4.69, 9.17) is 277 Å². The SMILES string of the molecule is C=c1s/c(=C2/SC(=S)N(CC(=O)O)C2=O)n(CC(=O)O)c1=O.C=c1s/c(=c2/s/c(=C3\SC(=S)N(CC(=O)O)C3=O)n(CC(=O)O)c2=O)n(CC(=O)O)c1=O.[B]B([B])B([B])B(B(B([B])[B])B([B])[B])B(B(B([B])[B])B([B])[B])B(B([B])[B])B([B])[B].[B][B]B(B([B])[B])B(B(B([B])[B])B([B])[B])B(B(B([B])[B])B([B])[B])B(B([B])[B])B([B])[B]. The number of hydrogen-bond donors (Lipinski definition) is 5. The molecule has 455 valence electrons. The first kappa shape index (κ1) is 106. The highest BCUT2D eigenvalue weighted by molar-refractivity contribution is 8.31. The Morgan fingerprint density at radius 3 is 0.838 bits per heavy atom. The van der Waals surface area contributed by atoms with Crippen LogP contribution in [0.25, 0.3) is 23.0 Å². The summed E-state index contributed by atoms with van der Waals surface area (Å²) >= 11 is 13.8. The van der Waals surface area contributed by atoms with E-state index in [1.165, 1.54) is 7.06 Å². The molecule has 3 aromatic heterocycles. The molecule has 2 saturated heterocycles. The number of thiocarbonyl (C=S) groups is 2. The summed E-state index contributed by atoms with van der Waals surface area (Å²) in [5, 5.41) is 45.0. The monoisotopic (exact) mass is 1500 g/mol.